The van der Waals surface area contributed by atoms with E-state index in [1.54, 1.807) is 19.2 Å². The molecule has 1 aromatic carbocycles. The number of primary amides is 1. The number of nitriles is 1. The molecule has 0 bridgehead atoms. The number of benzene rings is 1. The molecule has 1 aliphatic heterocycles. The van der Waals surface area contributed by atoms with E-state index in [1.165, 1.54) is 0 Å². The third-order valence-electron chi connectivity index (χ3n) is 4.10. The summed E-state index contributed by atoms with van der Waals surface area (Å²) in [5.74, 6) is 0.257. The first-order chi connectivity index (χ1) is 11.6. The number of methoxy groups -OCH3 is 1. The van der Waals surface area contributed by atoms with Gasteiger partial charge in [0.15, 0.2) is 0 Å². The van der Waals surface area contributed by atoms with Crippen LogP contribution >= 0.6 is 0 Å². The second-order valence-corrected chi connectivity index (χ2v) is 5.59. The van der Waals surface area contributed by atoms with Crippen molar-refractivity contribution in [1.82, 2.24) is 15.0 Å². The highest BCUT2D eigenvalue weighted by Gasteiger charge is 2.31. The number of hydrogen-bond donors (Lipinski definition) is 1. The Morgan fingerprint density at radius 1 is 1.58 bits per heavy atom. The smallest absolute Gasteiger partial charge is 0.290 e. The Kier molecular flexibility index (Phi) is 4.44. The number of rotatable bonds is 5. The average molecular weight is 327 g/mol. The second kappa shape index (κ2) is 6.68. The van der Waals surface area contributed by atoms with E-state index in [4.69, 9.17) is 20.3 Å². The number of hydrogen-bond acceptors (Lipinski definition) is 7. The van der Waals surface area contributed by atoms with Gasteiger partial charge in [0.25, 0.3) is 11.7 Å². The number of nitrogens with zero attached hydrogens (tertiary/aromatic N) is 4. The molecule has 124 valence electrons. The van der Waals surface area contributed by atoms with Gasteiger partial charge in [-0.3, -0.25) is 9.69 Å². The van der Waals surface area contributed by atoms with E-state index >= 15 is 0 Å². The van der Waals surface area contributed by atoms with Gasteiger partial charge in [0.2, 0.25) is 5.89 Å². The second-order valence-electron chi connectivity index (χ2n) is 5.59. The van der Waals surface area contributed by atoms with Crippen LogP contribution in [0.15, 0.2) is 22.7 Å². The van der Waals surface area contributed by atoms with Gasteiger partial charge in [0.1, 0.15) is 5.75 Å². The van der Waals surface area contributed by atoms with Crippen LogP contribution in [-0.4, -0.2) is 34.6 Å². The summed E-state index contributed by atoms with van der Waals surface area (Å²) in [6.45, 7) is 1.48. The fourth-order valence-corrected chi connectivity index (χ4v) is 2.93. The minimum Gasteiger partial charge on any atom is -0.496 e. The van der Waals surface area contributed by atoms with E-state index in [0.29, 0.717) is 23.7 Å². The Morgan fingerprint density at radius 3 is 3.08 bits per heavy atom. The van der Waals surface area contributed by atoms with E-state index in [1.807, 2.05) is 6.07 Å². The highest BCUT2D eigenvalue weighted by molar-refractivity contribution is 5.88. The Hall–Kier alpha value is -2.92. The molecule has 1 aromatic heterocycles. The van der Waals surface area contributed by atoms with Crippen molar-refractivity contribution < 1.29 is 14.1 Å². The molecule has 0 unspecified atom stereocenters. The number of nitrogens with two attached hydrogens (primary N) is 1. The molecule has 1 fully saturated rings. The third kappa shape index (κ3) is 3.07. The zero-order valence-corrected chi connectivity index (χ0v) is 13.2. The van der Waals surface area contributed by atoms with Gasteiger partial charge in [0.05, 0.1) is 24.8 Å². The van der Waals surface area contributed by atoms with Crippen molar-refractivity contribution in [2.45, 2.75) is 25.4 Å². The molecular weight excluding hydrogens is 310 g/mol. The molecule has 1 atom stereocenters. The first-order valence-electron chi connectivity index (χ1n) is 7.57. The van der Waals surface area contributed by atoms with Gasteiger partial charge in [-0.15, -0.1) is 0 Å². The molecule has 2 heterocycles. The van der Waals surface area contributed by atoms with Crippen LogP contribution in [-0.2, 0) is 6.54 Å². The van der Waals surface area contributed by atoms with Crippen LogP contribution in [0, 0.1) is 11.3 Å². The Balaban J connectivity index is 1.81. The first kappa shape index (κ1) is 16.0. The summed E-state index contributed by atoms with van der Waals surface area (Å²) in [6, 6.07) is 7.41. The third-order valence-corrected chi connectivity index (χ3v) is 4.10. The number of aromatic nitrogens is 2. The molecule has 3 rings (SSSR count). The number of ether oxygens (including phenoxy) is 1. The van der Waals surface area contributed by atoms with Gasteiger partial charge in [-0.2, -0.15) is 10.2 Å². The van der Waals surface area contributed by atoms with Crippen LogP contribution in [0.4, 0.5) is 0 Å². The maximum absolute atomic E-state index is 11.1. The van der Waals surface area contributed by atoms with Gasteiger partial charge >= 0.3 is 0 Å². The number of carbonyl (C=O) groups is 1. The van der Waals surface area contributed by atoms with Crippen molar-refractivity contribution >= 4 is 5.91 Å². The average Bonchev–Trinajstić information content (AvgIpc) is 3.24. The molecule has 0 saturated carbocycles. The predicted octanol–water partition coefficient (Wildman–Crippen LogP) is 1.39. The zero-order valence-electron chi connectivity index (χ0n) is 13.2. The quantitative estimate of drug-likeness (QED) is 0.881. The summed E-state index contributed by atoms with van der Waals surface area (Å²) >= 11 is 0. The van der Waals surface area contributed by atoms with Gasteiger partial charge in [-0.05, 0) is 31.5 Å². The topological polar surface area (TPSA) is 118 Å². The lowest BCUT2D eigenvalue weighted by Gasteiger charge is -2.22. The molecular formula is C16H17N5O3. The minimum absolute atomic E-state index is 0.0639. The molecule has 1 amide bonds. The standard InChI is InChI=1S/C16H17N5O3/c1-23-13-7-10(8-17)4-5-11(13)9-21-6-2-3-12(21)16-19-15(14(18)22)20-24-16/h4-5,7,12H,2-3,6,9H2,1H3,(H2,18,22)/t12-/m0/s1. The van der Waals surface area contributed by atoms with Crippen LogP contribution < -0.4 is 10.5 Å². The molecule has 24 heavy (non-hydrogen) atoms. The summed E-state index contributed by atoms with van der Waals surface area (Å²) in [4.78, 5) is 17.4. The lowest BCUT2D eigenvalue weighted by Crippen LogP contribution is -2.23. The predicted molar refractivity (Wildman–Crippen MR) is 82.9 cm³/mol. The molecule has 8 nitrogen and oxygen atoms in total. The highest BCUT2D eigenvalue weighted by Crippen LogP contribution is 2.34. The van der Waals surface area contributed by atoms with Crippen molar-refractivity contribution in [1.29, 1.82) is 5.26 Å². The SMILES string of the molecule is COc1cc(C#N)ccc1CN1CCC[C@H]1c1nc(C(N)=O)no1. The Labute approximate surface area is 138 Å². The summed E-state index contributed by atoms with van der Waals surface area (Å²) in [5.41, 5.74) is 6.69. The van der Waals surface area contributed by atoms with Crippen molar-refractivity contribution in [2.24, 2.45) is 5.73 Å². The number of amides is 1. The van der Waals surface area contributed by atoms with Crippen LogP contribution in [0.5, 0.6) is 5.75 Å². The maximum atomic E-state index is 11.1. The Bertz CT molecular complexity index is 795. The summed E-state index contributed by atoms with van der Waals surface area (Å²) in [7, 11) is 1.58. The fraction of sp³-hybridized carbons (Fsp3) is 0.375. The largest absolute Gasteiger partial charge is 0.496 e. The van der Waals surface area contributed by atoms with Crippen LogP contribution in [0.1, 0.15) is 46.5 Å². The number of carbonyl (C=O) groups excluding carboxylic acids is 1. The fourth-order valence-electron chi connectivity index (χ4n) is 2.93. The molecule has 8 heteroatoms. The van der Waals surface area contributed by atoms with Crippen molar-refractivity contribution in [3.63, 3.8) is 0 Å². The van der Waals surface area contributed by atoms with E-state index in [9.17, 15) is 4.79 Å². The van der Waals surface area contributed by atoms with Gasteiger partial charge in [-0.1, -0.05) is 11.2 Å². The Morgan fingerprint density at radius 2 is 2.42 bits per heavy atom. The lowest BCUT2D eigenvalue weighted by atomic mass is 10.1. The van der Waals surface area contributed by atoms with E-state index in [-0.39, 0.29) is 11.9 Å². The van der Waals surface area contributed by atoms with Crippen LogP contribution in [0.2, 0.25) is 0 Å². The van der Waals surface area contributed by atoms with E-state index in [0.717, 1.165) is 24.9 Å². The lowest BCUT2D eigenvalue weighted by molar-refractivity contribution is 0.0987. The number of likely N-dealkylation sites (tertiary alicyclic amines) is 1. The van der Waals surface area contributed by atoms with Gasteiger partial charge < -0.3 is 15.0 Å². The molecule has 2 aromatic rings. The highest BCUT2D eigenvalue weighted by atomic mass is 16.5. The summed E-state index contributed by atoms with van der Waals surface area (Å²) in [5, 5.41) is 12.6. The maximum Gasteiger partial charge on any atom is 0.290 e. The van der Waals surface area contributed by atoms with Gasteiger partial charge in [-0.25, -0.2) is 0 Å². The summed E-state index contributed by atoms with van der Waals surface area (Å²) < 4.78 is 10.6. The van der Waals surface area contributed by atoms with Crippen LogP contribution in [0.25, 0.3) is 0 Å². The van der Waals surface area contributed by atoms with Crippen LogP contribution in [0.3, 0.4) is 0 Å². The van der Waals surface area contributed by atoms with Crippen molar-refractivity contribution in [2.75, 3.05) is 13.7 Å². The first-order valence-corrected chi connectivity index (χ1v) is 7.57. The zero-order chi connectivity index (χ0) is 17.1. The summed E-state index contributed by atoms with van der Waals surface area (Å²) in [6.07, 6.45) is 1.84. The normalized spacial score (nSPS) is 17.6. The van der Waals surface area contributed by atoms with Gasteiger partial charge in [0, 0.05) is 12.1 Å². The minimum atomic E-state index is -0.705. The van der Waals surface area contributed by atoms with Crippen molar-refractivity contribution in [3.05, 3.63) is 41.0 Å². The van der Waals surface area contributed by atoms with E-state index in [2.05, 4.69) is 21.1 Å². The molecule has 0 radical (unpaired) electrons. The molecule has 0 aliphatic carbocycles. The molecule has 1 saturated heterocycles. The molecule has 0 spiro atoms. The van der Waals surface area contributed by atoms with E-state index < -0.39 is 5.91 Å². The monoisotopic (exact) mass is 327 g/mol. The molecule has 1 aliphatic rings. The molecule has 2 N–H and O–H groups in total. The van der Waals surface area contributed by atoms with Crippen molar-refractivity contribution in [3.8, 4) is 11.8 Å².